The van der Waals surface area contributed by atoms with E-state index in [0.29, 0.717) is 13.1 Å². The summed E-state index contributed by atoms with van der Waals surface area (Å²) in [5.41, 5.74) is -0.0718. The summed E-state index contributed by atoms with van der Waals surface area (Å²) in [5.74, 6) is -0.463. The summed E-state index contributed by atoms with van der Waals surface area (Å²) in [6, 6.07) is 3.88. The summed E-state index contributed by atoms with van der Waals surface area (Å²) in [6.45, 7) is 4.91. The highest BCUT2D eigenvalue weighted by Gasteiger charge is 2.33. The maximum Gasteiger partial charge on any atom is 0.335 e. The van der Waals surface area contributed by atoms with Gasteiger partial charge in [-0.25, -0.2) is 13.2 Å². The molecule has 0 amide bonds. The molecule has 1 aromatic rings. The van der Waals surface area contributed by atoms with E-state index in [1.54, 1.807) is 0 Å². The summed E-state index contributed by atoms with van der Waals surface area (Å²) in [7, 11) is -2.41. The minimum absolute atomic E-state index is 0.0718. The van der Waals surface area contributed by atoms with Gasteiger partial charge in [-0.2, -0.15) is 4.31 Å². The predicted molar refractivity (Wildman–Crippen MR) is 81.7 cm³/mol. The van der Waals surface area contributed by atoms with E-state index in [4.69, 9.17) is 9.84 Å². The lowest BCUT2D eigenvalue weighted by atomic mass is 9.94. The van der Waals surface area contributed by atoms with Gasteiger partial charge in [0.1, 0.15) is 10.6 Å². The van der Waals surface area contributed by atoms with Crippen LogP contribution in [0.4, 0.5) is 0 Å². The number of carboxylic acid groups (broad SMARTS) is 1. The SMILES string of the molecule is COc1ccc(C(=O)O)cc1S(=O)(=O)N1CC(C)CC(C)C1. The number of carbonyl (C=O) groups is 1. The zero-order valence-corrected chi connectivity index (χ0v) is 13.8. The van der Waals surface area contributed by atoms with Gasteiger partial charge in [0.2, 0.25) is 10.0 Å². The molecule has 0 spiro atoms. The zero-order chi connectivity index (χ0) is 16.5. The number of piperidine rings is 1. The molecule has 1 saturated heterocycles. The first-order chi connectivity index (χ1) is 10.3. The van der Waals surface area contributed by atoms with Gasteiger partial charge in [0, 0.05) is 13.1 Å². The fraction of sp³-hybridized carbons (Fsp3) is 0.533. The van der Waals surface area contributed by atoms with Gasteiger partial charge >= 0.3 is 5.97 Å². The number of benzene rings is 1. The molecule has 2 atom stereocenters. The maximum atomic E-state index is 12.9. The molecule has 0 bridgehead atoms. The van der Waals surface area contributed by atoms with E-state index in [2.05, 4.69) is 0 Å². The van der Waals surface area contributed by atoms with Crippen molar-refractivity contribution in [1.29, 1.82) is 0 Å². The summed E-state index contributed by atoms with van der Waals surface area (Å²) in [5, 5.41) is 9.08. The van der Waals surface area contributed by atoms with Gasteiger partial charge < -0.3 is 9.84 Å². The second-order valence-corrected chi connectivity index (χ2v) is 7.85. The first-order valence-electron chi connectivity index (χ1n) is 7.17. The fourth-order valence-electron chi connectivity index (χ4n) is 2.95. The number of ether oxygens (including phenoxy) is 1. The molecule has 1 aromatic carbocycles. The lowest BCUT2D eigenvalue weighted by molar-refractivity contribution is 0.0696. The molecule has 22 heavy (non-hydrogen) atoms. The summed E-state index contributed by atoms with van der Waals surface area (Å²) in [4.78, 5) is 11.0. The number of carboxylic acids is 1. The van der Waals surface area contributed by atoms with Crippen LogP contribution in [0.15, 0.2) is 23.1 Å². The van der Waals surface area contributed by atoms with Gasteiger partial charge in [-0.15, -0.1) is 0 Å². The number of hydrogen-bond donors (Lipinski definition) is 1. The van der Waals surface area contributed by atoms with E-state index in [1.165, 1.54) is 29.6 Å². The molecular formula is C15H21NO5S. The lowest BCUT2D eigenvalue weighted by Gasteiger charge is -2.34. The van der Waals surface area contributed by atoms with Crippen molar-refractivity contribution in [3.05, 3.63) is 23.8 Å². The number of hydrogen-bond acceptors (Lipinski definition) is 4. The molecular weight excluding hydrogens is 306 g/mol. The smallest absolute Gasteiger partial charge is 0.335 e. The highest BCUT2D eigenvalue weighted by atomic mass is 32.2. The summed E-state index contributed by atoms with van der Waals surface area (Å²) >= 11 is 0. The van der Waals surface area contributed by atoms with Gasteiger partial charge in [0.15, 0.2) is 0 Å². The highest BCUT2D eigenvalue weighted by molar-refractivity contribution is 7.89. The second-order valence-electron chi connectivity index (χ2n) is 5.94. The van der Waals surface area contributed by atoms with Crippen LogP contribution in [0, 0.1) is 11.8 Å². The lowest BCUT2D eigenvalue weighted by Crippen LogP contribution is -2.42. The van der Waals surface area contributed by atoms with E-state index in [9.17, 15) is 13.2 Å². The molecule has 1 N–H and O–H groups in total. The van der Waals surface area contributed by atoms with Crippen molar-refractivity contribution < 1.29 is 23.1 Å². The summed E-state index contributed by atoms with van der Waals surface area (Å²) in [6.07, 6.45) is 0.984. The van der Waals surface area contributed by atoms with Crippen molar-refractivity contribution in [3.8, 4) is 5.75 Å². The van der Waals surface area contributed by atoms with Crippen LogP contribution in [0.1, 0.15) is 30.6 Å². The second kappa shape index (κ2) is 6.26. The van der Waals surface area contributed by atoms with Gasteiger partial charge in [-0.05, 0) is 36.5 Å². The Morgan fingerprint density at radius 2 is 1.86 bits per heavy atom. The van der Waals surface area contributed by atoms with Crippen LogP contribution in [0.25, 0.3) is 0 Å². The molecule has 7 heteroatoms. The average molecular weight is 327 g/mol. The molecule has 0 saturated carbocycles. The minimum Gasteiger partial charge on any atom is -0.495 e. The van der Waals surface area contributed by atoms with Crippen LogP contribution in [-0.2, 0) is 10.0 Å². The van der Waals surface area contributed by atoms with Crippen LogP contribution >= 0.6 is 0 Å². The highest BCUT2D eigenvalue weighted by Crippen LogP contribution is 2.31. The first kappa shape index (κ1) is 16.8. The Hall–Kier alpha value is -1.60. The maximum absolute atomic E-state index is 12.9. The molecule has 2 rings (SSSR count). The standard InChI is InChI=1S/C15H21NO5S/c1-10-6-11(2)9-16(8-10)22(19,20)14-7-12(15(17)18)4-5-13(14)21-3/h4-5,7,10-11H,6,8-9H2,1-3H3,(H,17,18). The van der Waals surface area contributed by atoms with Gasteiger partial charge in [-0.3, -0.25) is 0 Å². The Kier molecular flexibility index (Phi) is 4.77. The first-order valence-corrected chi connectivity index (χ1v) is 8.61. The average Bonchev–Trinajstić information content (AvgIpc) is 2.45. The molecule has 0 aliphatic carbocycles. The number of rotatable bonds is 4. The molecule has 2 unspecified atom stereocenters. The van der Waals surface area contributed by atoms with Crippen molar-refractivity contribution in [3.63, 3.8) is 0 Å². The van der Waals surface area contributed by atoms with E-state index in [0.717, 1.165) is 6.42 Å². The van der Waals surface area contributed by atoms with Gasteiger partial charge in [0.25, 0.3) is 0 Å². The van der Waals surface area contributed by atoms with E-state index < -0.39 is 16.0 Å². The fourth-order valence-corrected chi connectivity index (χ4v) is 4.81. The third-order valence-corrected chi connectivity index (χ3v) is 5.72. The van der Waals surface area contributed by atoms with E-state index in [1.807, 2.05) is 13.8 Å². The molecule has 1 aliphatic heterocycles. The predicted octanol–water partition coefficient (Wildman–Crippen LogP) is 2.06. The van der Waals surface area contributed by atoms with Crippen molar-refractivity contribution in [2.24, 2.45) is 11.8 Å². The molecule has 1 fully saturated rings. The molecule has 0 aromatic heterocycles. The minimum atomic E-state index is -3.78. The molecule has 1 aliphatic rings. The molecule has 6 nitrogen and oxygen atoms in total. The Morgan fingerprint density at radius 1 is 1.27 bits per heavy atom. The molecule has 1 heterocycles. The van der Waals surface area contributed by atoms with Gasteiger partial charge in [-0.1, -0.05) is 13.8 Å². The number of methoxy groups -OCH3 is 1. The number of sulfonamides is 1. The molecule has 122 valence electrons. The van der Waals surface area contributed by atoms with Crippen molar-refractivity contribution in [2.75, 3.05) is 20.2 Å². The van der Waals surface area contributed by atoms with Crippen molar-refractivity contribution >= 4 is 16.0 Å². The van der Waals surface area contributed by atoms with Crippen LogP contribution in [-0.4, -0.2) is 44.0 Å². The third-order valence-electron chi connectivity index (χ3n) is 3.86. The van der Waals surface area contributed by atoms with Crippen LogP contribution < -0.4 is 4.74 Å². The third kappa shape index (κ3) is 3.25. The Bertz CT molecular complexity index is 661. The Labute approximate surface area is 130 Å². The van der Waals surface area contributed by atoms with E-state index in [-0.39, 0.29) is 28.0 Å². The van der Waals surface area contributed by atoms with Crippen molar-refractivity contribution in [2.45, 2.75) is 25.2 Å². The Balaban J connectivity index is 2.48. The van der Waals surface area contributed by atoms with Crippen LogP contribution in [0.3, 0.4) is 0 Å². The Morgan fingerprint density at radius 3 is 2.36 bits per heavy atom. The molecule has 0 radical (unpaired) electrons. The van der Waals surface area contributed by atoms with Crippen molar-refractivity contribution in [1.82, 2.24) is 4.31 Å². The quantitative estimate of drug-likeness (QED) is 0.915. The monoisotopic (exact) mass is 327 g/mol. The number of nitrogens with zero attached hydrogens (tertiary/aromatic N) is 1. The van der Waals surface area contributed by atoms with Crippen LogP contribution in [0.2, 0.25) is 0 Å². The summed E-state index contributed by atoms with van der Waals surface area (Å²) < 4.78 is 32.3. The van der Waals surface area contributed by atoms with Gasteiger partial charge in [0.05, 0.1) is 12.7 Å². The van der Waals surface area contributed by atoms with E-state index >= 15 is 0 Å². The normalized spacial score (nSPS) is 23.2. The van der Waals surface area contributed by atoms with Crippen LogP contribution in [0.5, 0.6) is 5.75 Å². The largest absolute Gasteiger partial charge is 0.495 e. The number of aromatic carboxylic acids is 1. The topological polar surface area (TPSA) is 83.9 Å². The zero-order valence-electron chi connectivity index (χ0n) is 12.9.